The second-order valence-corrected chi connectivity index (χ2v) is 5.05. The summed E-state index contributed by atoms with van der Waals surface area (Å²) in [6.45, 7) is -0.133. The van der Waals surface area contributed by atoms with Gasteiger partial charge in [-0.25, -0.2) is 8.78 Å². The summed E-state index contributed by atoms with van der Waals surface area (Å²) in [7, 11) is 1.47. The van der Waals surface area contributed by atoms with Crippen molar-refractivity contribution >= 4 is 5.69 Å². The number of nitrogens with two attached hydrogens (primary N) is 1. The Labute approximate surface area is 113 Å². The number of halogens is 5. The van der Waals surface area contributed by atoms with Crippen LogP contribution in [0.1, 0.15) is 18.4 Å². The number of alkyl halides is 3. The lowest BCUT2D eigenvalue weighted by atomic mass is 9.79. The van der Waals surface area contributed by atoms with Crippen LogP contribution in [0.5, 0.6) is 0 Å². The molecule has 2 nitrogen and oxygen atoms in total. The molecule has 20 heavy (non-hydrogen) atoms. The van der Waals surface area contributed by atoms with Gasteiger partial charge in [-0.2, -0.15) is 13.2 Å². The first-order valence-corrected chi connectivity index (χ1v) is 6.22. The third-order valence-corrected chi connectivity index (χ3v) is 3.87. The van der Waals surface area contributed by atoms with Crippen molar-refractivity contribution in [2.75, 3.05) is 11.9 Å². The van der Waals surface area contributed by atoms with Gasteiger partial charge in [0.1, 0.15) is 0 Å². The lowest BCUT2D eigenvalue weighted by molar-refractivity contribution is -0.196. The van der Waals surface area contributed by atoms with Gasteiger partial charge in [0.15, 0.2) is 11.6 Å². The number of benzene rings is 1. The van der Waals surface area contributed by atoms with Crippen molar-refractivity contribution < 1.29 is 22.0 Å². The molecule has 2 rings (SSSR count). The molecule has 0 spiro atoms. The van der Waals surface area contributed by atoms with E-state index in [1.165, 1.54) is 24.1 Å². The van der Waals surface area contributed by atoms with Gasteiger partial charge in [0.25, 0.3) is 0 Å². The third-order valence-electron chi connectivity index (χ3n) is 3.87. The first kappa shape index (κ1) is 15.0. The van der Waals surface area contributed by atoms with Crippen molar-refractivity contribution in [3.8, 4) is 0 Å². The second-order valence-electron chi connectivity index (χ2n) is 5.05. The van der Waals surface area contributed by atoms with Gasteiger partial charge in [0.05, 0.1) is 11.6 Å². The van der Waals surface area contributed by atoms with E-state index < -0.39 is 29.8 Å². The Morgan fingerprint density at radius 1 is 1.20 bits per heavy atom. The number of anilines is 1. The van der Waals surface area contributed by atoms with Gasteiger partial charge >= 0.3 is 6.18 Å². The SMILES string of the molecule is CN(c1ccc(CN)c(F)c1F)C1CC(C(F)(F)F)C1. The van der Waals surface area contributed by atoms with Crippen molar-refractivity contribution in [2.45, 2.75) is 31.6 Å². The Morgan fingerprint density at radius 2 is 1.80 bits per heavy atom. The third kappa shape index (κ3) is 2.59. The molecule has 1 aliphatic carbocycles. The summed E-state index contributed by atoms with van der Waals surface area (Å²) < 4.78 is 64.7. The fraction of sp³-hybridized carbons (Fsp3) is 0.538. The Hall–Kier alpha value is -1.37. The van der Waals surface area contributed by atoms with E-state index in [0.717, 1.165) is 0 Å². The number of nitrogens with zero attached hydrogens (tertiary/aromatic N) is 1. The average molecular weight is 294 g/mol. The molecule has 0 radical (unpaired) electrons. The maximum Gasteiger partial charge on any atom is 0.391 e. The van der Waals surface area contributed by atoms with Crippen LogP contribution in [0.15, 0.2) is 12.1 Å². The molecule has 0 aliphatic heterocycles. The predicted molar refractivity (Wildman–Crippen MR) is 65.2 cm³/mol. The highest BCUT2D eigenvalue weighted by atomic mass is 19.4. The maximum atomic E-state index is 13.9. The topological polar surface area (TPSA) is 29.3 Å². The molecule has 112 valence electrons. The summed E-state index contributed by atoms with van der Waals surface area (Å²) >= 11 is 0. The Bertz CT molecular complexity index is 494. The van der Waals surface area contributed by atoms with Gasteiger partial charge in [-0.15, -0.1) is 0 Å². The van der Waals surface area contributed by atoms with E-state index in [0.29, 0.717) is 0 Å². The molecule has 0 amide bonds. The van der Waals surface area contributed by atoms with E-state index >= 15 is 0 Å². The predicted octanol–water partition coefficient (Wildman–Crippen LogP) is 3.20. The fourth-order valence-corrected chi connectivity index (χ4v) is 2.38. The van der Waals surface area contributed by atoms with Crippen LogP contribution in [0.25, 0.3) is 0 Å². The summed E-state index contributed by atoms with van der Waals surface area (Å²) in [5.74, 6) is -3.46. The summed E-state index contributed by atoms with van der Waals surface area (Å²) in [4.78, 5) is 1.36. The first-order valence-electron chi connectivity index (χ1n) is 6.22. The molecule has 2 N–H and O–H groups in total. The van der Waals surface area contributed by atoms with Crippen molar-refractivity contribution in [1.82, 2.24) is 0 Å². The zero-order valence-corrected chi connectivity index (χ0v) is 10.8. The maximum absolute atomic E-state index is 13.9. The molecular formula is C13H15F5N2. The minimum atomic E-state index is -4.22. The molecule has 0 atom stereocenters. The molecule has 7 heteroatoms. The molecule has 0 heterocycles. The zero-order chi connectivity index (χ0) is 15.1. The highest BCUT2D eigenvalue weighted by molar-refractivity contribution is 5.50. The molecule has 1 saturated carbocycles. The van der Waals surface area contributed by atoms with Crippen LogP contribution in [-0.2, 0) is 6.54 Å². The van der Waals surface area contributed by atoms with Crippen LogP contribution >= 0.6 is 0 Å². The van der Waals surface area contributed by atoms with Crippen molar-refractivity contribution in [3.63, 3.8) is 0 Å². The van der Waals surface area contributed by atoms with E-state index in [1.807, 2.05) is 0 Å². The minimum Gasteiger partial charge on any atom is -0.369 e. The molecule has 1 aliphatic rings. The molecule has 1 aromatic rings. The molecule has 1 fully saturated rings. The van der Waals surface area contributed by atoms with Crippen LogP contribution in [-0.4, -0.2) is 19.3 Å². The molecule has 0 aromatic heterocycles. The van der Waals surface area contributed by atoms with Crippen LogP contribution in [0.3, 0.4) is 0 Å². The van der Waals surface area contributed by atoms with E-state index in [1.54, 1.807) is 0 Å². The van der Waals surface area contributed by atoms with Crippen molar-refractivity contribution in [2.24, 2.45) is 11.7 Å². The van der Waals surface area contributed by atoms with Gasteiger partial charge in [-0.05, 0) is 18.9 Å². The van der Waals surface area contributed by atoms with E-state index in [2.05, 4.69) is 0 Å². The molecule has 0 unspecified atom stereocenters. The average Bonchev–Trinajstić information content (AvgIpc) is 2.28. The van der Waals surface area contributed by atoms with Gasteiger partial charge in [0.2, 0.25) is 0 Å². The van der Waals surface area contributed by atoms with Crippen molar-refractivity contribution in [3.05, 3.63) is 29.3 Å². The van der Waals surface area contributed by atoms with Crippen LogP contribution in [0.2, 0.25) is 0 Å². The van der Waals surface area contributed by atoms with Gasteiger partial charge < -0.3 is 10.6 Å². The number of rotatable bonds is 3. The monoisotopic (exact) mass is 294 g/mol. The normalized spacial score (nSPS) is 22.6. The largest absolute Gasteiger partial charge is 0.391 e. The van der Waals surface area contributed by atoms with Crippen LogP contribution in [0, 0.1) is 17.6 Å². The highest BCUT2D eigenvalue weighted by Gasteiger charge is 2.49. The standard InChI is InChI=1S/C13H15F5N2/c1-20(9-4-8(5-9)13(16,17)18)10-3-2-7(6-19)11(14)12(10)15/h2-3,8-9H,4-6,19H2,1H3. The fourth-order valence-electron chi connectivity index (χ4n) is 2.38. The Kier molecular flexibility index (Phi) is 3.90. The van der Waals surface area contributed by atoms with Crippen LogP contribution < -0.4 is 10.6 Å². The summed E-state index contributed by atoms with van der Waals surface area (Å²) in [5.41, 5.74) is 5.27. The van der Waals surface area contributed by atoms with Crippen molar-refractivity contribution in [1.29, 1.82) is 0 Å². The van der Waals surface area contributed by atoms with E-state index in [-0.39, 0.29) is 30.6 Å². The molecule has 1 aromatic carbocycles. The van der Waals surface area contributed by atoms with Gasteiger partial charge in [-0.3, -0.25) is 0 Å². The minimum absolute atomic E-state index is 0.0367. The highest BCUT2D eigenvalue weighted by Crippen LogP contribution is 2.44. The molecular weight excluding hydrogens is 279 g/mol. The molecule has 0 saturated heterocycles. The quantitative estimate of drug-likeness (QED) is 0.867. The lowest BCUT2D eigenvalue weighted by Crippen LogP contribution is -2.48. The number of hydrogen-bond acceptors (Lipinski definition) is 2. The smallest absolute Gasteiger partial charge is 0.369 e. The summed E-state index contributed by atoms with van der Waals surface area (Å²) in [6, 6.07) is 2.27. The second kappa shape index (κ2) is 5.20. The lowest BCUT2D eigenvalue weighted by Gasteiger charge is -2.43. The van der Waals surface area contributed by atoms with E-state index in [4.69, 9.17) is 5.73 Å². The summed E-state index contributed by atoms with van der Waals surface area (Å²) in [5, 5.41) is 0. The zero-order valence-electron chi connectivity index (χ0n) is 10.8. The Balaban J connectivity index is 2.12. The summed E-state index contributed by atoms with van der Waals surface area (Å²) in [6.07, 6.45) is -4.41. The van der Waals surface area contributed by atoms with Gasteiger partial charge in [0, 0.05) is 25.2 Å². The Morgan fingerprint density at radius 3 is 2.30 bits per heavy atom. The molecule has 0 bridgehead atoms. The number of hydrogen-bond donors (Lipinski definition) is 1. The first-order chi connectivity index (χ1) is 9.25. The van der Waals surface area contributed by atoms with Crippen LogP contribution in [0.4, 0.5) is 27.6 Å². The van der Waals surface area contributed by atoms with Gasteiger partial charge in [-0.1, -0.05) is 6.07 Å². The van der Waals surface area contributed by atoms with E-state index in [9.17, 15) is 22.0 Å².